The van der Waals surface area contributed by atoms with Gasteiger partial charge in [-0.25, -0.2) is 0 Å². The quantitative estimate of drug-likeness (QED) is 0.260. The van der Waals surface area contributed by atoms with E-state index in [1.54, 1.807) is 0 Å². The summed E-state index contributed by atoms with van der Waals surface area (Å²) in [6, 6.07) is 0.361. The van der Waals surface area contributed by atoms with Gasteiger partial charge in [-0.15, -0.1) is 0 Å². The first-order valence-electron chi connectivity index (χ1n) is 19.3. The van der Waals surface area contributed by atoms with Crippen molar-refractivity contribution in [1.29, 1.82) is 0 Å². The normalized spacial score (nSPS) is 40.3. The molecule has 0 saturated heterocycles. The van der Waals surface area contributed by atoms with Crippen molar-refractivity contribution in [2.24, 2.45) is 47.3 Å². The van der Waals surface area contributed by atoms with Crippen LogP contribution in [0.25, 0.3) is 0 Å². The van der Waals surface area contributed by atoms with Crippen molar-refractivity contribution < 1.29 is 19.2 Å². The van der Waals surface area contributed by atoms with Crippen LogP contribution in [0.4, 0.5) is 0 Å². The van der Waals surface area contributed by atoms with Gasteiger partial charge in [0, 0.05) is 24.2 Å². The summed E-state index contributed by atoms with van der Waals surface area (Å²) in [5.41, 5.74) is 0. The summed E-state index contributed by atoms with van der Waals surface area (Å²) in [5.74, 6) is -1.43. The zero-order valence-electron chi connectivity index (χ0n) is 29.3. The highest BCUT2D eigenvalue weighted by Gasteiger charge is 2.50. The largest absolute Gasteiger partial charge is 0.353 e. The molecule has 4 N–H and O–H groups in total. The van der Waals surface area contributed by atoms with Crippen molar-refractivity contribution in [2.75, 3.05) is 0 Å². The topological polar surface area (TPSA) is 116 Å². The van der Waals surface area contributed by atoms with Crippen molar-refractivity contribution in [3.05, 3.63) is 0 Å². The highest BCUT2D eigenvalue weighted by atomic mass is 16.2. The molecule has 0 heterocycles. The molecule has 5 aliphatic rings. The van der Waals surface area contributed by atoms with Crippen LogP contribution in [0.1, 0.15) is 143 Å². The van der Waals surface area contributed by atoms with Gasteiger partial charge in [-0.1, -0.05) is 79.1 Å². The van der Waals surface area contributed by atoms with E-state index >= 15 is 0 Å². The third-order valence-corrected chi connectivity index (χ3v) is 13.1. The molecule has 5 saturated carbocycles. The number of carbonyl (C=O) groups excluding carboxylic acids is 4. The zero-order chi connectivity index (χ0) is 32.8. The van der Waals surface area contributed by atoms with Gasteiger partial charge in [-0.3, -0.25) is 19.2 Å². The van der Waals surface area contributed by atoms with E-state index in [4.69, 9.17) is 0 Å². The molecule has 12 atom stereocenters. The maximum atomic E-state index is 14.2. The Hall–Kier alpha value is -2.12. The minimum absolute atomic E-state index is 0.0903. The lowest BCUT2D eigenvalue weighted by molar-refractivity contribution is -0.148. The lowest BCUT2D eigenvalue weighted by Gasteiger charge is -2.42. The zero-order valence-corrected chi connectivity index (χ0v) is 29.3. The Bertz CT molecular complexity index is 903. The first-order chi connectivity index (χ1) is 22.1. The predicted molar refractivity (Wildman–Crippen MR) is 181 cm³/mol. The second kappa shape index (κ2) is 16.3. The number of hydrogen-bond donors (Lipinski definition) is 4. The fourth-order valence-corrected chi connectivity index (χ4v) is 9.65. The van der Waals surface area contributed by atoms with Crippen LogP contribution in [0.3, 0.4) is 0 Å². The summed E-state index contributed by atoms with van der Waals surface area (Å²) < 4.78 is 0. The molecule has 0 bridgehead atoms. The van der Waals surface area contributed by atoms with E-state index in [9.17, 15) is 19.2 Å². The highest BCUT2D eigenvalue weighted by Crippen LogP contribution is 2.41. The summed E-state index contributed by atoms with van der Waals surface area (Å²) in [5, 5.41) is 13.4. The number of amides is 4. The maximum Gasteiger partial charge on any atom is 0.224 e. The lowest BCUT2D eigenvalue weighted by atomic mass is 9.66. The maximum absolute atomic E-state index is 14.2. The molecule has 12 unspecified atom stereocenters. The molecule has 0 spiro atoms. The average Bonchev–Trinajstić information content (AvgIpc) is 3.04. The van der Waals surface area contributed by atoms with E-state index in [1.165, 1.54) is 25.7 Å². The van der Waals surface area contributed by atoms with Gasteiger partial charge in [0.05, 0.1) is 23.7 Å². The first kappa shape index (κ1) is 35.2. The SMILES string of the molecule is CC1CCCCC1NC(=O)C1CC(C(=O)NC2CCCCC2C)C(C(=O)NC2CCCCC2C)CC1C(=O)NC1CCCCC1C. The van der Waals surface area contributed by atoms with Crippen LogP contribution >= 0.6 is 0 Å². The summed E-state index contributed by atoms with van der Waals surface area (Å²) in [6.45, 7) is 8.81. The van der Waals surface area contributed by atoms with Gasteiger partial charge in [0.1, 0.15) is 0 Å². The Kier molecular flexibility index (Phi) is 12.5. The van der Waals surface area contributed by atoms with Gasteiger partial charge in [0.15, 0.2) is 0 Å². The van der Waals surface area contributed by atoms with Gasteiger partial charge in [0.25, 0.3) is 0 Å². The van der Waals surface area contributed by atoms with Crippen LogP contribution < -0.4 is 21.3 Å². The van der Waals surface area contributed by atoms with Gasteiger partial charge >= 0.3 is 0 Å². The number of carbonyl (C=O) groups is 4. The Morgan fingerprint density at radius 2 is 0.543 bits per heavy atom. The minimum atomic E-state index is -0.634. The second-order valence-electron chi connectivity index (χ2n) is 16.4. The smallest absolute Gasteiger partial charge is 0.224 e. The molecule has 8 nitrogen and oxygen atoms in total. The van der Waals surface area contributed by atoms with Gasteiger partial charge in [-0.2, -0.15) is 0 Å². The van der Waals surface area contributed by atoms with Crippen LogP contribution in [0, 0.1) is 47.3 Å². The Labute approximate surface area is 278 Å². The Morgan fingerprint density at radius 1 is 0.348 bits per heavy atom. The van der Waals surface area contributed by atoms with Crippen molar-refractivity contribution in [1.82, 2.24) is 21.3 Å². The van der Waals surface area contributed by atoms with Crippen LogP contribution in [0.2, 0.25) is 0 Å². The number of rotatable bonds is 8. The van der Waals surface area contributed by atoms with Crippen molar-refractivity contribution >= 4 is 23.6 Å². The van der Waals surface area contributed by atoms with Crippen molar-refractivity contribution in [3.8, 4) is 0 Å². The fourth-order valence-electron chi connectivity index (χ4n) is 9.65. The molecule has 8 heteroatoms. The molecule has 5 fully saturated rings. The molecule has 5 aliphatic carbocycles. The standard InChI is InChI=1S/C38H64N4O4/c1-23-13-5-9-17-31(23)39-35(43)27-21-29(37(45)41-33-19-11-7-15-25(33)3)30(38(46)42-34-20-12-8-16-26(34)4)22-28(27)36(44)40-32-18-10-6-14-24(32)2/h23-34H,5-22H2,1-4H3,(H,39,43)(H,40,44)(H,41,45)(H,42,46). The Morgan fingerprint density at radius 3 is 0.739 bits per heavy atom. The minimum Gasteiger partial charge on any atom is -0.353 e. The highest BCUT2D eigenvalue weighted by molar-refractivity contribution is 5.93. The van der Waals surface area contributed by atoms with Gasteiger partial charge in [-0.05, 0) is 87.9 Å². The van der Waals surface area contributed by atoms with E-state index in [0.717, 1.165) is 77.0 Å². The van der Waals surface area contributed by atoms with Crippen molar-refractivity contribution in [3.63, 3.8) is 0 Å². The first-order valence-corrected chi connectivity index (χ1v) is 19.3. The van der Waals surface area contributed by atoms with Crippen LogP contribution in [0.15, 0.2) is 0 Å². The molecule has 0 aliphatic heterocycles. The molecule has 0 aromatic carbocycles. The summed E-state index contributed by atoms with van der Waals surface area (Å²) >= 11 is 0. The van der Waals surface area contributed by atoms with E-state index in [1.807, 2.05) is 0 Å². The lowest BCUT2D eigenvalue weighted by Crippen LogP contribution is -2.57. The van der Waals surface area contributed by atoms with E-state index in [2.05, 4.69) is 49.0 Å². The third kappa shape index (κ3) is 8.66. The summed E-state index contributed by atoms with van der Waals surface area (Å²) in [6.07, 6.45) is 17.7. The molecule has 46 heavy (non-hydrogen) atoms. The third-order valence-electron chi connectivity index (χ3n) is 13.1. The summed E-state index contributed by atoms with van der Waals surface area (Å²) in [4.78, 5) is 56.8. The number of hydrogen-bond acceptors (Lipinski definition) is 4. The monoisotopic (exact) mass is 640 g/mol. The predicted octanol–water partition coefficient (Wildman–Crippen LogP) is 6.02. The molecule has 4 amide bonds. The number of nitrogens with one attached hydrogen (secondary N) is 4. The molecule has 5 rings (SSSR count). The van der Waals surface area contributed by atoms with Crippen LogP contribution in [0.5, 0.6) is 0 Å². The van der Waals surface area contributed by atoms with Crippen LogP contribution in [-0.4, -0.2) is 47.8 Å². The molecular formula is C38H64N4O4. The van der Waals surface area contributed by atoms with Crippen LogP contribution in [-0.2, 0) is 19.2 Å². The van der Waals surface area contributed by atoms with E-state index < -0.39 is 23.7 Å². The Balaban J connectivity index is 1.41. The van der Waals surface area contributed by atoms with Gasteiger partial charge < -0.3 is 21.3 Å². The van der Waals surface area contributed by atoms with E-state index in [-0.39, 0.29) is 60.6 Å². The van der Waals surface area contributed by atoms with Crippen molar-refractivity contribution in [2.45, 2.75) is 167 Å². The van der Waals surface area contributed by atoms with Gasteiger partial charge in [0.2, 0.25) is 23.6 Å². The molecular weight excluding hydrogens is 576 g/mol. The molecule has 0 aromatic heterocycles. The average molecular weight is 641 g/mol. The second-order valence-corrected chi connectivity index (χ2v) is 16.4. The molecule has 260 valence electrons. The van der Waals surface area contributed by atoms with E-state index in [0.29, 0.717) is 23.7 Å². The fraction of sp³-hybridized carbons (Fsp3) is 0.895. The molecule has 0 aromatic rings. The summed E-state index contributed by atoms with van der Waals surface area (Å²) in [7, 11) is 0. The molecule has 0 radical (unpaired) electrons.